The molecule has 0 fully saturated rings. The van der Waals surface area contributed by atoms with E-state index in [4.69, 9.17) is 16.1 Å². The van der Waals surface area contributed by atoms with Crippen molar-refractivity contribution in [1.29, 1.82) is 0 Å². The van der Waals surface area contributed by atoms with Gasteiger partial charge in [0.1, 0.15) is 0 Å². The van der Waals surface area contributed by atoms with E-state index in [0.29, 0.717) is 29.4 Å². The van der Waals surface area contributed by atoms with Crippen molar-refractivity contribution in [2.45, 2.75) is 32.6 Å². The third-order valence-corrected chi connectivity index (χ3v) is 4.16. The largest absolute Gasteiger partial charge is 0.352 e. The minimum absolute atomic E-state index is 0.102. The average molecular weight is 434 g/mol. The summed E-state index contributed by atoms with van der Waals surface area (Å²) in [7, 11) is 0. The standard InChI is InChI=1S/C15H17ClIN3O2/c1-9(2)14-19-13(22-20-14)4-3-7-18-15(21)11-6-5-10(16)8-12(11)17/h5-6,8-9H,3-4,7H2,1-2H3,(H,18,21). The van der Waals surface area contributed by atoms with Gasteiger partial charge in [-0.3, -0.25) is 4.79 Å². The van der Waals surface area contributed by atoms with Crippen LogP contribution >= 0.6 is 34.2 Å². The summed E-state index contributed by atoms with van der Waals surface area (Å²) in [6.45, 7) is 4.59. The lowest BCUT2D eigenvalue weighted by molar-refractivity contribution is 0.0952. The summed E-state index contributed by atoms with van der Waals surface area (Å²) in [6, 6.07) is 5.21. The van der Waals surface area contributed by atoms with Crippen LogP contribution in [0.5, 0.6) is 0 Å². The van der Waals surface area contributed by atoms with Crippen molar-refractivity contribution in [3.8, 4) is 0 Å². The lowest BCUT2D eigenvalue weighted by Crippen LogP contribution is -2.25. The number of amides is 1. The van der Waals surface area contributed by atoms with Crippen LogP contribution in [0, 0.1) is 3.57 Å². The molecule has 0 radical (unpaired) electrons. The second-order valence-corrected chi connectivity index (χ2v) is 6.78. The molecule has 2 aromatic rings. The summed E-state index contributed by atoms with van der Waals surface area (Å²) >= 11 is 7.98. The highest BCUT2D eigenvalue weighted by atomic mass is 127. The number of hydrogen-bond acceptors (Lipinski definition) is 4. The van der Waals surface area contributed by atoms with Crippen molar-refractivity contribution in [1.82, 2.24) is 15.5 Å². The lowest BCUT2D eigenvalue weighted by atomic mass is 10.2. The SMILES string of the molecule is CC(C)c1noc(CCCNC(=O)c2ccc(Cl)cc2I)n1. The van der Waals surface area contributed by atoms with Crippen LogP contribution in [0.4, 0.5) is 0 Å². The molecule has 0 saturated carbocycles. The zero-order valence-corrected chi connectivity index (χ0v) is 15.3. The molecule has 0 saturated heterocycles. The number of benzene rings is 1. The summed E-state index contributed by atoms with van der Waals surface area (Å²) in [4.78, 5) is 16.4. The van der Waals surface area contributed by atoms with Crippen molar-refractivity contribution in [2.24, 2.45) is 0 Å². The summed E-state index contributed by atoms with van der Waals surface area (Å²) in [5.74, 6) is 1.48. The first-order chi connectivity index (χ1) is 10.5. The van der Waals surface area contributed by atoms with E-state index < -0.39 is 0 Å². The van der Waals surface area contributed by atoms with Gasteiger partial charge in [0.25, 0.3) is 5.91 Å². The summed E-state index contributed by atoms with van der Waals surface area (Å²) in [5.41, 5.74) is 0.630. The third kappa shape index (κ3) is 4.67. The Balaban J connectivity index is 1.79. The molecule has 0 bridgehead atoms. The Morgan fingerprint density at radius 3 is 2.86 bits per heavy atom. The Hall–Kier alpha value is -1.15. The minimum atomic E-state index is -0.102. The number of carbonyl (C=O) groups excluding carboxylic acids is 1. The van der Waals surface area contributed by atoms with Gasteiger partial charge in [-0.05, 0) is 47.2 Å². The molecule has 0 aliphatic carbocycles. The first kappa shape index (κ1) is 17.2. The zero-order valence-electron chi connectivity index (χ0n) is 12.4. The molecule has 0 atom stereocenters. The molecule has 0 aliphatic rings. The number of aryl methyl sites for hydroxylation is 1. The molecule has 1 heterocycles. The van der Waals surface area contributed by atoms with Crippen molar-refractivity contribution in [3.05, 3.63) is 44.1 Å². The maximum Gasteiger partial charge on any atom is 0.252 e. The predicted molar refractivity (Wildman–Crippen MR) is 93.2 cm³/mol. The molecule has 5 nitrogen and oxygen atoms in total. The van der Waals surface area contributed by atoms with E-state index in [9.17, 15) is 4.79 Å². The molecular weight excluding hydrogens is 417 g/mol. The van der Waals surface area contributed by atoms with Crippen LogP contribution in [0.1, 0.15) is 48.3 Å². The van der Waals surface area contributed by atoms with Gasteiger partial charge < -0.3 is 9.84 Å². The predicted octanol–water partition coefficient (Wildman–Crippen LogP) is 3.81. The molecule has 0 unspecified atom stereocenters. The maximum atomic E-state index is 12.1. The lowest BCUT2D eigenvalue weighted by Gasteiger charge is -2.06. The van der Waals surface area contributed by atoms with Gasteiger partial charge in [-0.1, -0.05) is 30.6 Å². The van der Waals surface area contributed by atoms with Crippen molar-refractivity contribution in [2.75, 3.05) is 6.54 Å². The minimum Gasteiger partial charge on any atom is -0.352 e. The number of hydrogen-bond donors (Lipinski definition) is 1. The summed E-state index contributed by atoms with van der Waals surface area (Å²) in [5, 5.41) is 7.42. The van der Waals surface area contributed by atoms with Crippen LogP contribution in [0.3, 0.4) is 0 Å². The first-order valence-corrected chi connectivity index (χ1v) is 8.48. The van der Waals surface area contributed by atoms with Crippen LogP contribution in [0.15, 0.2) is 22.7 Å². The topological polar surface area (TPSA) is 68.0 Å². The van der Waals surface area contributed by atoms with E-state index in [1.807, 2.05) is 13.8 Å². The second-order valence-electron chi connectivity index (χ2n) is 5.18. The molecule has 0 spiro atoms. The number of halogens is 2. The van der Waals surface area contributed by atoms with Gasteiger partial charge in [0, 0.05) is 27.5 Å². The fourth-order valence-electron chi connectivity index (χ4n) is 1.81. The van der Waals surface area contributed by atoms with E-state index in [1.165, 1.54) is 0 Å². The number of aromatic nitrogens is 2. The molecule has 0 aliphatic heterocycles. The Labute approximate surface area is 148 Å². The van der Waals surface area contributed by atoms with E-state index in [-0.39, 0.29) is 11.8 Å². The van der Waals surface area contributed by atoms with Gasteiger partial charge in [-0.2, -0.15) is 4.98 Å². The van der Waals surface area contributed by atoms with Crippen molar-refractivity contribution >= 4 is 40.1 Å². The van der Waals surface area contributed by atoms with Gasteiger partial charge >= 0.3 is 0 Å². The molecule has 7 heteroatoms. The molecule has 1 aromatic heterocycles. The van der Waals surface area contributed by atoms with Crippen molar-refractivity contribution in [3.63, 3.8) is 0 Å². The summed E-state index contributed by atoms with van der Waals surface area (Å²) in [6.07, 6.45) is 1.40. The Morgan fingerprint density at radius 1 is 1.45 bits per heavy atom. The number of carbonyl (C=O) groups is 1. The van der Waals surface area contributed by atoms with Crippen LogP contribution < -0.4 is 5.32 Å². The van der Waals surface area contributed by atoms with E-state index >= 15 is 0 Å². The Morgan fingerprint density at radius 2 is 2.23 bits per heavy atom. The van der Waals surface area contributed by atoms with Gasteiger partial charge in [0.05, 0.1) is 5.56 Å². The highest BCUT2D eigenvalue weighted by Crippen LogP contribution is 2.18. The van der Waals surface area contributed by atoms with Gasteiger partial charge in [0.2, 0.25) is 5.89 Å². The van der Waals surface area contributed by atoms with Gasteiger partial charge in [-0.25, -0.2) is 0 Å². The Bertz CT molecular complexity index is 658. The second kappa shape index (κ2) is 7.92. The highest BCUT2D eigenvalue weighted by molar-refractivity contribution is 14.1. The molecular formula is C15H17ClIN3O2. The zero-order chi connectivity index (χ0) is 16.1. The summed E-state index contributed by atoms with van der Waals surface area (Å²) < 4.78 is 5.99. The number of nitrogens with one attached hydrogen (secondary N) is 1. The highest BCUT2D eigenvalue weighted by Gasteiger charge is 2.11. The first-order valence-electron chi connectivity index (χ1n) is 7.03. The van der Waals surface area contributed by atoms with E-state index in [2.05, 4.69) is 38.0 Å². The fourth-order valence-corrected chi connectivity index (χ4v) is 2.93. The van der Waals surface area contributed by atoms with Crippen molar-refractivity contribution < 1.29 is 9.32 Å². The number of rotatable bonds is 6. The molecule has 1 N–H and O–H groups in total. The van der Waals surface area contributed by atoms with E-state index in [0.717, 1.165) is 15.8 Å². The fraction of sp³-hybridized carbons (Fsp3) is 0.400. The maximum absolute atomic E-state index is 12.1. The van der Waals surface area contributed by atoms with Crippen LogP contribution in [0.25, 0.3) is 0 Å². The van der Waals surface area contributed by atoms with E-state index in [1.54, 1.807) is 18.2 Å². The van der Waals surface area contributed by atoms with Crippen LogP contribution in [0.2, 0.25) is 5.02 Å². The average Bonchev–Trinajstić information content (AvgIpc) is 2.92. The molecule has 22 heavy (non-hydrogen) atoms. The third-order valence-electron chi connectivity index (χ3n) is 3.03. The smallest absolute Gasteiger partial charge is 0.252 e. The molecule has 2 rings (SSSR count). The quantitative estimate of drug-likeness (QED) is 0.556. The van der Waals surface area contributed by atoms with Gasteiger partial charge in [-0.15, -0.1) is 0 Å². The Kier molecular flexibility index (Phi) is 6.19. The molecule has 1 amide bonds. The number of nitrogens with zero attached hydrogens (tertiary/aromatic N) is 2. The molecule has 1 aromatic carbocycles. The normalized spacial score (nSPS) is 11.0. The monoisotopic (exact) mass is 433 g/mol. The van der Waals surface area contributed by atoms with Crippen LogP contribution in [-0.2, 0) is 6.42 Å². The van der Waals surface area contributed by atoms with Crippen LogP contribution in [-0.4, -0.2) is 22.6 Å². The molecule has 118 valence electrons. The van der Waals surface area contributed by atoms with Gasteiger partial charge in [0.15, 0.2) is 5.82 Å².